The molecule has 0 unspecified atom stereocenters. The van der Waals surface area contributed by atoms with Crippen molar-refractivity contribution in [3.8, 4) is 39.5 Å². The van der Waals surface area contributed by atoms with Gasteiger partial charge in [-0.25, -0.2) is 9.50 Å². The molecule has 0 aliphatic rings. The Labute approximate surface area is 169 Å². The third-order valence-electron chi connectivity index (χ3n) is 4.63. The zero-order valence-corrected chi connectivity index (χ0v) is 16.8. The summed E-state index contributed by atoms with van der Waals surface area (Å²) in [6.07, 6.45) is 5.66. The fraction of sp³-hybridized carbons (Fsp3) is 0.217. The van der Waals surface area contributed by atoms with Crippen molar-refractivity contribution in [2.24, 2.45) is 0 Å². The smallest absolute Gasteiger partial charge is 0.162 e. The Morgan fingerprint density at radius 2 is 1.55 bits per heavy atom. The van der Waals surface area contributed by atoms with Crippen LogP contribution in [0.1, 0.15) is 13.8 Å². The summed E-state index contributed by atoms with van der Waals surface area (Å²) >= 11 is 0. The van der Waals surface area contributed by atoms with Crippen LogP contribution in [0.15, 0.2) is 61.1 Å². The summed E-state index contributed by atoms with van der Waals surface area (Å²) in [5.74, 6) is 2.29. The lowest BCUT2D eigenvalue weighted by Crippen LogP contribution is -1.98. The van der Waals surface area contributed by atoms with Crippen LogP contribution in [-0.4, -0.2) is 34.9 Å². The van der Waals surface area contributed by atoms with E-state index in [4.69, 9.17) is 14.2 Å². The summed E-state index contributed by atoms with van der Waals surface area (Å²) in [6.45, 7) is 5.08. The first-order valence-corrected chi connectivity index (χ1v) is 9.61. The predicted molar refractivity (Wildman–Crippen MR) is 113 cm³/mol. The second-order valence-corrected chi connectivity index (χ2v) is 6.43. The highest BCUT2D eigenvalue weighted by Crippen LogP contribution is 2.34. The Kier molecular flexibility index (Phi) is 5.33. The summed E-state index contributed by atoms with van der Waals surface area (Å²) in [4.78, 5) is 4.67. The van der Waals surface area contributed by atoms with Crippen LogP contribution in [0.2, 0.25) is 0 Å². The second kappa shape index (κ2) is 8.22. The number of hydrogen-bond acceptors (Lipinski definition) is 5. The van der Waals surface area contributed by atoms with Gasteiger partial charge in [-0.05, 0) is 49.2 Å². The molecule has 0 bridgehead atoms. The minimum atomic E-state index is 0.571. The minimum Gasteiger partial charge on any atom is -0.497 e. The summed E-state index contributed by atoms with van der Waals surface area (Å²) < 4.78 is 18.4. The van der Waals surface area contributed by atoms with Crippen molar-refractivity contribution in [2.45, 2.75) is 13.8 Å². The second-order valence-electron chi connectivity index (χ2n) is 6.43. The van der Waals surface area contributed by atoms with Crippen LogP contribution in [-0.2, 0) is 0 Å². The lowest BCUT2D eigenvalue weighted by Gasteiger charge is -2.12. The number of methoxy groups -OCH3 is 1. The van der Waals surface area contributed by atoms with Gasteiger partial charge in [0, 0.05) is 23.5 Å². The first-order chi connectivity index (χ1) is 14.2. The molecule has 6 nitrogen and oxygen atoms in total. The number of hydrogen-bond donors (Lipinski definition) is 0. The van der Waals surface area contributed by atoms with Crippen LogP contribution in [0.25, 0.3) is 27.9 Å². The third-order valence-corrected chi connectivity index (χ3v) is 4.63. The van der Waals surface area contributed by atoms with E-state index in [1.54, 1.807) is 11.6 Å². The molecule has 2 aromatic heterocycles. The van der Waals surface area contributed by atoms with Crippen LogP contribution in [0.4, 0.5) is 0 Å². The molecule has 0 aliphatic carbocycles. The van der Waals surface area contributed by atoms with E-state index in [2.05, 4.69) is 10.1 Å². The molecule has 0 aliphatic heterocycles. The Morgan fingerprint density at radius 3 is 2.28 bits per heavy atom. The van der Waals surface area contributed by atoms with Crippen LogP contribution in [0, 0.1) is 0 Å². The molecule has 4 aromatic rings. The highest BCUT2D eigenvalue weighted by Gasteiger charge is 2.13. The van der Waals surface area contributed by atoms with E-state index >= 15 is 0 Å². The summed E-state index contributed by atoms with van der Waals surface area (Å²) in [5, 5.41) is 4.51. The summed E-state index contributed by atoms with van der Waals surface area (Å²) in [7, 11) is 1.66. The van der Waals surface area contributed by atoms with E-state index in [9.17, 15) is 0 Å². The molecule has 0 atom stereocenters. The number of benzene rings is 2. The van der Waals surface area contributed by atoms with Gasteiger partial charge in [-0.15, -0.1) is 0 Å². The van der Waals surface area contributed by atoms with E-state index in [0.29, 0.717) is 13.2 Å². The normalized spacial score (nSPS) is 10.9. The molecule has 2 aromatic carbocycles. The van der Waals surface area contributed by atoms with Crippen LogP contribution in [0.3, 0.4) is 0 Å². The first kappa shape index (κ1) is 18.8. The van der Waals surface area contributed by atoms with Gasteiger partial charge in [-0.3, -0.25) is 0 Å². The molecule has 0 fully saturated rings. The van der Waals surface area contributed by atoms with Gasteiger partial charge < -0.3 is 14.2 Å². The van der Waals surface area contributed by atoms with Crippen molar-refractivity contribution < 1.29 is 14.2 Å². The Bertz CT molecular complexity index is 1120. The average Bonchev–Trinajstić information content (AvgIpc) is 3.18. The fourth-order valence-electron chi connectivity index (χ4n) is 3.23. The molecule has 29 heavy (non-hydrogen) atoms. The van der Waals surface area contributed by atoms with E-state index < -0.39 is 0 Å². The third kappa shape index (κ3) is 3.74. The number of aromatic nitrogens is 3. The molecule has 0 saturated carbocycles. The van der Waals surface area contributed by atoms with Gasteiger partial charge in [0.25, 0.3) is 0 Å². The van der Waals surface area contributed by atoms with Crippen molar-refractivity contribution in [1.29, 1.82) is 0 Å². The monoisotopic (exact) mass is 389 g/mol. The largest absolute Gasteiger partial charge is 0.497 e. The molecule has 0 N–H and O–H groups in total. The molecule has 6 heteroatoms. The van der Waals surface area contributed by atoms with Crippen molar-refractivity contribution in [3.63, 3.8) is 0 Å². The zero-order chi connectivity index (χ0) is 20.2. The number of fused-ring (bicyclic) bond motifs is 1. The first-order valence-electron chi connectivity index (χ1n) is 9.61. The van der Waals surface area contributed by atoms with Crippen molar-refractivity contribution in [3.05, 3.63) is 61.1 Å². The fourth-order valence-corrected chi connectivity index (χ4v) is 3.23. The molecule has 0 saturated heterocycles. The standard InChI is InChI=1S/C23H23N3O3/c1-4-28-21-11-8-17(12-22(21)29-5-2)20-14-25-26-15-18(13-24-23(20)26)16-6-9-19(27-3)10-7-16/h6-15H,4-5H2,1-3H3. The number of rotatable bonds is 7. The molecule has 148 valence electrons. The maximum Gasteiger partial charge on any atom is 0.162 e. The van der Waals surface area contributed by atoms with E-state index in [-0.39, 0.29) is 0 Å². The molecule has 2 heterocycles. The topological polar surface area (TPSA) is 57.9 Å². The van der Waals surface area contributed by atoms with Crippen molar-refractivity contribution in [1.82, 2.24) is 14.6 Å². The highest BCUT2D eigenvalue weighted by atomic mass is 16.5. The van der Waals surface area contributed by atoms with Crippen LogP contribution in [0.5, 0.6) is 17.2 Å². The molecular weight excluding hydrogens is 366 g/mol. The highest BCUT2D eigenvalue weighted by molar-refractivity contribution is 5.79. The molecular formula is C23H23N3O3. The quantitative estimate of drug-likeness (QED) is 0.451. The summed E-state index contributed by atoms with van der Waals surface area (Å²) in [6, 6.07) is 13.8. The van der Waals surface area contributed by atoms with Gasteiger partial charge in [-0.1, -0.05) is 18.2 Å². The lowest BCUT2D eigenvalue weighted by molar-refractivity contribution is 0.288. The molecule has 0 amide bonds. The minimum absolute atomic E-state index is 0.571. The van der Waals surface area contributed by atoms with Crippen LogP contribution >= 0.6 is 0 Å². The van der Waals surface area contributed by atoms with Gasteiger partial charge in [0.05, 0.1) is 26.5 Å². The average molecular weight is 389 g/mol. The van der Waals surface area contributed by atoms with Crippen molar-refractivity contribution >= 4 is 5.65 Å². The van der Waals surface area contributed by atoms with E-state index in [1.807, 2.05) is 74.9 Å². The van der Waals surface area contributed by atoms with Crippen LogP contribution < -0.4 is 14.2 Å². The van der Waals surface area contributed by atoms with Gasteiger partial charge >= 0.3 is 0 Å². The van der Waals surface area contributed by atoms with Gasteiger partial charge in [0.1, 0.15) is 5.75 Å². The van der Waals surface area contributed by atoms with Crippen molar-refractivity contribution in [2.75, 3.05) is 20.3 Å². The predicted octanol–water partition coefficient (Wildman–Crippen LogP) is 4.87. The number of nitrogens with zero attached hydrogens (tertiary/aromatic N) is 3. The maximum absolute atomic E-state index is 5.75. The Morgan fingerprint density at radius 1 is 0.828 bits per heavy atom. The van der Waals surface area contributed by atoms with E-state index in [0.717, 1.165) is 45.1 Å². The van der Waals surface area contributed by atoms with E-state index in [1.165, 1.54) is 0 Å². The molecule has 0 spiro atoms. The zero-order valence-electron chi connectivity index (χ0n) is 16.8. The molecule has 4 rings (SSSR count). The van der Waals surface area contributed by atoms with Gasteiger partial charge in [-0.2, -0.15) is 5.10 Å². The number of ether oxygens (including phenoxy) is 3. The lowest BCUT2D eigenvalue weighted by atomic mass is 10.1. The SMILES string of the molecule is CCOc1ccc(-c2cnn3cc(-c4ccc(OC)cc4)cnc23)cc1OCC. The Balaban J connectivity index is 1.71. The molecule has 0 radical (unpaired) electrons. The van der Waals surface area contributed by atoms with Gasteiger partial charge in [0.2, 0.25) is 0 Å². The Hall–Kier alpha value is -3.54. The maximum atomic E-state index is 5.75. The summed E-state index contributed by atoms with van der Waals surface area (Å²) in [5.41, 5.74) is 4.74. The van der Waals surface area contributed by atoms with Gasteiger partial charge in [0.15, 0.2) is 17.1 Å².